The zero-order chi connectivity index (χ0) is 19.1. The Bertz CT molecular complexity index is 819. The van der Waals surface area contributed by atoms with E-state index in [0.29, 0.717) is 0 Å². The van der Waals surface area contributed by atoms with E-state index in [1.165, 1.54) is 50.7 Å². The van der Waals surface area contributed by atoms with Crippen LogP contribution in [0.2, 0.25) is 0 Å². The van der Waals surface area contributed by atoms with Gasteiger partial charge in [-0.2, -0.15) is 5.26 Å². The smallest absolute Gasteiger partial charge is 0.135 e. The molecular formula is C23H28N2S. The van der Waals surface area contributed by atoms with Crippen molar-refractivity contribution in [1.29, 1.82) is 5.26 Å². The van der Waals surface area contributed by atoms with Crippen LogP contribution in [0.1, 0.15) is 43.9 Å². The Hall–Kier alpha value is -2.02. The van der Waals surface area contributed by atoms with E-state index < -0.39 is 0 Å². The predicted octanol–water partition coefficient (Wildman–Crippen LogP) is 5.92. The molecule has 0 spiro atoms. The number of hydrogen-bond acceptors (Lipinski definition) is 3. The molecule has 0 amide bonds. The van der Waals surface area contributed by atoms with Gasteiger partial charge in [-0.15, -0.1) is 0 Å². The zero-order valence-electron chi connectivity index (χ0n) is 16.4. The molecule has 1 aliphatic rings. The minimum absolute atomic E-state index is 0.0226. The van der Waals surface area contributed by atoms with Gasteiger partial charge in [0, 0.05) is 0 Å². The Kier molecular flexibility index (Phi) is 7.50. The number of thiocyanates is 1. The number of benzene rings is 1. The minimum Gasteiger partial charge on any atom is -0.304 e. The van der Waals surface area contributed by atoms with Crippen LogP contribution in [-0.4, -0.2) is 12.4 Å². The van der Waals surface area contributed by atoms with Gasteiger partial charge in [0.2, 0.25) is 0 Å². The van der Waals surface area contributed by atoms with Gasteiger partial charge in [-0.05, 0) is 92.8 Å². The van der Waals surface area contributed by atoms with Crippen molar-refractivity contribution in [2.75, 3.05) is 7.05 Å². The second kappa shape index (κ2) is 9.62. The number of allylic oxidation sites excluding steroid dienone is 6. The number of thioether (sulfide) groups is 1. The molecule has 0 aromatic heterocycles. The van der Waals surface area contributed by atoms with Gasteiger partial charge in [0.15, 0.2) is 0 Å². The largest absolute Gasteiger partial charge is 0.304 e. The quantitative estimate of drug-likeness (QED) is 0.386. The number of nitriles is 1. The molecule has 0 saturated heterocycles. The molecule has 1 atom stereocenters. The molecule has 1 aliphatic carbocycles. The highest BCUT2D eigenvalue weighted by molar-refractivity contribution is 8.04. The van der Waals surface area contributed by atoms with Crippen molar-refractivity contribution in [3.05, 3.63) is 75.4 Å². The summed E-state index contributed by atoms with van der Waals surface area (Å²) in [6.45, 7) is 8.56. The molecule has 26 heavy (non-hydrogen) atoms. The second-order valence-corrected chi connectivity index (χ2v) is 7.77. The summed E-state index contributed by atoms with van der Waals surface area (Å²) in [5.41, 5.74) is 9.29. The molecule has 136 valence electrons. The Morgan fingerprint density at radius 3 is 2.65 bits per heavy atom. The molecule has 2 nitrogen and oxygen atoms in total. The summed E-state index contributed by atoms with van der Waals surface area (Å²) in [7, 11) is 1.87. The first-order valence-electron chi connectivity index (χ1n) is 9.01. The van der Waals surface area contributed by atoms with E-state index in [4.69, 9.17) is 5.26 Å². The lowest BCUT2D eigenvalue weighted by Gasteiger charge is -2.17. The fraction of sp³-hybridized carbons (Fsp3) is 0.348. The van der Waals surface area contributed by atoms with Gasteiger partial charge in [-0.1, -0.05) is 48.1 Å². The van der Waals surface area contributed by atoms with E-state index in [9.17, 15) is 0 Å². The van der Waals surface area contributed by atoms with Crippen molar-refractivity contribution in [2.24, 2.45) is 0 Å². The maximum atomic E-state index is 8.84. The third-order valence-corrected chi connectivity index (χ3v) is 5.60. The first-order chi connectivity index (χ1) is 12.4. The fourth-order valence-electron chi connectivity index (χ4n) is 3.01. The van der Waals surface area contributed by atoms with E-state index in [1.54, 1.807) is 0 Å². The predicted molar refractivity (Wildman–Crippen MR) is 115 cm³/mol. The van der Waals surface area contributed by atoms with Crippen molar-refractivity contribution in [3.63, 3.8) is 0 Å². The van der Waals surface area contributed by atoms with Crippen LogP contribution in [0.25, 0.3) is 6.08 Å². The zero-order valence-corrected chi connectivity index (χ0v) is 17.2. The SMILES string of the molecule is CNC(/C=C(C)/C(C)=C/C=C(\C)C1=Cc2ccc(C)cc2CC1)SC#N. The van der Waals surface area contributed by atoms with Crippen LogP contribution < -0.4 is 5.32 Å². The summed E-state index contributed by atoms with van der Waals surface area (Å²) in [5.74, 6) is 0. The molecule has 2 rings (SSSR count). The van der Waals surface area contributed by atoms with Gasteiger partial charge in [0.25, 0.3) is 0 Å². The van der Waals surface area contributed by atoms with Crippen molar-refractivity contribution < 1.29 is 0 Å². The van der Waals surface area contributed by atoms with Gasteiger partial charge in [0.1, 0.15) is 5.40 Å². The normalized spacial score (nSPS) is 16.6. The van der Waals surface area contributed by atoms with Gasteiger partial charge >= 0.3 is 0 Å². The summed E-state index contributed by atoms with van der Waals surface area (Å²) in [4.78, 5) is 0. The van der Waals surface area contributed by atoms with E-state index in [-0.39, 0.29) is 5.37 Å². The maximum absolute atomic E-state index is 8.84. The van der Waals surface area contributed by atoms with E-state index >= 15 is 0 Å². The van der Waals surface area contributed by atoms with Crippen LogP contribution in [0.4, 0.5) is 0 Å². The molecule has 0 fully saturated rings. The molecule has 1 aromatic carbocycles. The molecule has 0 radical (unpaired) electrons. The summed E-state index contributed by atoms with van der Waals surface area (Å²) >= 11 is 1.23. The Balaban J connectivity index is 2.16. The molecular weight excluding hydrogens is 336 g/mol. The van der Waals surface area contributed by atoms with Crippen molar-refractivity contribution >= 4 is 17.8 Å². The van der Waals surface area contributed by atoms with Crippen LogP contribution in [0, 0.1) is 17.6 Å². The molecule has 0 saturated carbocycles. The highest BCUT2D eigenvalue weighted by Crippen LogP contribution is 2.29. The Labute approximate surface area is 162 Å². The average Bonchev–Trinajstić information content (AvgIpc) is 2.64. The van der Waals surface area contributed by atoms with Crippen LogP contribution in [0.3, 0.4) is 0 Å². The highest BCUT2D eigenvalue weighted by Gasteiger charge is 2.11. The maximum Gasteiger partial charge on any atom is 0.135 e. The van der Waals surface area contributed by atoms with Gasteiger partial charge in [0.05, 0.1) is 5.37 Å². The van der Waals surface area contributed by atoms with Crippen molar-refractivity contribution in [1.82, 2.24) is 5.32 Å². The topological polar surface area (TPSA) is 35.8 Å². The minimum atomic E-state index is 0.0226. The molecule has 0 bridgehead atoms. The van der Waals surface area contributed by atoms with Crippen LogP contribution >= 0.6 is 11.8 Å². The number of rotatable bonds is 6. The summed E-state index contributed by atoms with van der Waals surface area (Å²) in [5, 5.41) is 14.1. The molecule has 0 heterocycles. The second-order valence-electron chi connectivity index (χ2n) is 6.84. The summed E-state index contributed by atoms with van der Waals surface area (Å²) in [6.07, 6.45) is 11.0. The lowest BCUT2D eigenvalue weighted by atomic mass is 9.88. The van der Waals surface area contributed by atoms with Crippen molar-refractivity contribution in [2.45, 2.75) is 45.9 Å². The van der Waals surface area contributed by atoms with Gasteiger partial charge < -0.3 is 5.32 Å². The fourth-order valence-corrected chi connectivity index (χ4v) is 3.52. The first-order valence-corrected chi connectivity index (χ1v) is 9.89. The Morgan fingerprint density at radius 2 is 1.96 bits per heavy atom. The third-order valence-electron chi connectivity index (χ3n) is 4.87. The summed E-state index contributed by atoms with van der Waals surface area (Å²) in [6, 6.07) is 6.72. The molecule has 1 unspecified atom stereocenters. The molecule has 0 aliphatic heterocycles. The van der Waals surface area contributed by atoms with Gasteiger partial charge in [-0.3, -0.25) is 0 Å². The Morgan fingerprint density at radius 1 is 1.19 bits per heavy atom. The van der Waals surface area contributed by atoms with Crippen LogP contribution in [0.5, 0.6) is 0 Å². The molecule has 1 N–H and O–H groups in total. The number of likely N-dealkylation sites (N-methyl/N-ethyl adjacent to an activating group) is 1. The number of fused-ring (bicyclic) bond motifs is 1. The molecule has 1 aromatic rings. The summed E-state index contributed by atoms with van der Waals surface area (Å²) < 4.78 is 0. The van der Waals surface area contributed by atoms with Crippen LogP contribution in [0.15, 0.2) is 58.7 Å². The third kappa shape index (κ3) is 5.49. The standard InChI is InChI=1S/C23H28N2S/c1-16-6-9-22-14-20(10-11-21(22)12-16)18(3)8-7-17(2)19(4)13-23(25-5)26-15-24/h6-9,12-14,23,25H,10-11H2,1-5H3/b17-7+,18-8+,19-13+. The highest BCUT2D eigenvalue weighted by atomic mass is 32.2. The number of nitrogens with zero attached hydrogens (tertiary/aromatic N) is 1. The van der Waals surface area contributed by atoms with Gasteiger partial charge in [-0.25, -0.2) is 0 Å². The lowest BCUT2D eigenvalue weighted by molar-refractivity contribution is 0.863. The monoisotopic (exact) mass is 364 g/mol. The van der Waals surface area contributed by atoms with E-state index in [0.717, 1.165) is 12.8 Å². The average molecular weight is 365 g/mol. The van der Waals surface area contributed by atoms with E-state index in [2.05, 4.69) is 80.9 Å². The lowest BCUT2D eigenvalue weighted by Crippen LogP contribution is -2.18. The van der Waals surface area contributed by atoms with Crippen molar-refractivity contribution in [3.8, 4) is 5.40 Å². The van der Waals surface area contributed by atoms with E-state index in [1.807, 2.05) is 7.05 Å². The number of aryl methyl sites for hydroxylation is 2. The number of hydrogen-bond donors (Lipinski definition) is 1. The molecule has 3 heteroatoms. The first kappa shape index (κ1) is 20.3. The van der Waals surface area contributed by atoms with Crippen LogP contribution in [-0.2, 0) is 6.42 Å². The number of nitrogens with one attached hydrogen (secondary N) is 1.